The number of nitrogen functional groups attached to an aromatic ring is 1. The van der Waals surface area contributed by atoms with E-state index >= 15 is 0 Å². The molecule has 2 heterocycles. The highest BCUT2D eigenvalue weighted by atomic mass is 19.1. The Bertz CT molecular complexity index is 761. The van der Waals surface area contributed by atoms with E-state index < -0.39 is 5.54 Å². The van der Waals surface area contributed by atoms with Crippen LogP contribution in [0.4, 0.5) is 10.3 Å². The van der Waals surface area contributed by atoms with Crippen molar-refractivity contribution < 1.29 is 9.13 Å². The highest BCUT2D eigenvalue weighted by Gasteiger charge is 2.38. The highest BCUT2D eigenvalue weighted by Crippen LogP contribution is 2.32. The van der Waals surface area contributed by atoms with Gasteiger partial charge in [0.05, 0.1) is 6.61 Å². The van der Waals surface area contributed by atoms with Crippen molar-refractivity contribution >= 4 is 11.8 Å². The molecule has 0 saturated heterocycles. The predicted molar refractivity (Wildman–Crippen MR) is 82.1 cm³/mol. The molecule has 0 radical (unpaired) electrons. The SMILES string of the molecule is CC1(c2ccc(F)cc2)N=NN=C1OCCc1ccnc(N)n1. The molecule has 8 heteroatoms. The third-order valence-corrected chi connectivity index (χ3v) is 3.53. The number of nitrogens with zero attached hydrogens (tertiary/aromatic N) is 5. The Kier molecular flexibility index (Phi) is 3.96. The molecule has 0 spiro atoms. The Morgan fingerprint density at radius 1 is 1.22 bits per heavy atom. The summed E-state index contributed by atoms with van der Waals surface area (Å²) in [5.41, 5.74) is 6.21. The van der Waals surface area contributed by atoms with Crippen molar-refractivity contribution in [2.24, 2.45) is 15.4 Å². The first-order chi connectivity index (χ1) is 11.1. The summed E-state index contributed by atoms with van der Waals surface area (Å²) < 4.78 is 18.8. The minimum absolute atomic E-state index is 0.224. The molecule has 0 bridgehead atoms. The highest BCUT2D eigenvalue weighted by molar-refractivity contribution is 5.88. The van der Waals surface area contributed by atoms with Gasteiger partial charge in [-0.1, -0.05) is 17.2 Å². The van der Waals surface area contributed by atoms with Crippen LogP contribution >= 0.6 is 0 Å². The molecule has 0 amide bonds. The molecule has 0 fully saturated rings. The van der Waals surface area contributed by atoms with Crippen LogP contribution < -0.4 is 5.73 Å². The normalized spacial score (nSPS) is 19.7. The molecular weight excluding hydrogens is 299 g/mol. The summed E-state index contributed by atoms with van der Waals surface area (Å²) in [7, 11) is 0. The number of nitrogens with two attached hydrogens (primary N) is 1. The summed E-state index contributed by atoms with van der Waals surface area (Å²) in [5, 5.41) is 11.8. The van der Waals surface area contributed by atoms with Gasteiger partial charge in [0.25, 0.3) is 0 Å². The molecule has 1 atom stereocenters. The van der Waals surface area contributed by atoms with Crippen LogP contribution in [0.3, 0.4) is 0 Å². The van der Waals surface area contributed by atoms with Gasteiger partial charge in [0.2, 0.25) is 11.8 Å². The van der Waals surface area contributed by atoms with Gasteiger partial charge >= 0.3 is 0 Å². The van der Waals surface area contributed by atoms with Crippen molar-refractivity contribution in [3.8, 4) is 0 Å². The smallest absolute Gasteiger partial charge is 0.245 e. The van der Waals surface area contributed by atoms with Crippen LogP contribution in [0.1, 0.15) is 18.2 Å². The zero-order chi connectivity index (χ0) is 16.3. The van der Waals surface area contributed by atoms with Crippen LogP contribution in [0.15, 0.2) is 52.0 Å². The standard InChI is InChI=1S/C15H15FN6O/c1-15(10-2-4-11(16)5-3-10)13(20-22-21-15)23-9-7-12-6-8-18-14(17)19-12/h2-6,8H,7,9H2,1H3,(H2,17,18,19). The molecule has 118 valence electrons. The topological polar surface area (TPSA) is 98.1 Å². The first-order valence-electron chi connectivity index (χ1n) is 7.04. The molecule has 1 unspecified atom stereocenters. The van der Waals surface area contributed by atoms with E-state index in [1.54, 1.807) is 24.4 Å². The number of ether oxygens (including phenoxy) is 1. The van der Waals surface area contributed by atoms with E-state index in [1.807, 2.05) is 6.92 Å². The lowest BCUT2D eigenvalue weighted by Gasteiger charge is -2.21. The quantitative estimate of drug-likeness (QED) is 0.937. The van der Waals surface area contributed by atoms with E-state index in [0.717, 1.165) is 11.3 Å². The maximum atomic E-state index is 13.1. The van der Waals surface area contributed by atoms with Gasteiger partial charge in [-0.2, -0.15) is 0 Å². The van der Waals surface area contributed by atoms with Crippen LogP contribution in [0.2, 0.25) is 0 Å². The van der Waals surface area contributed by atoms with Crippen molar-refractivity contribution in [2.45, 2.75) is 18.9 Å². The van der Waals surface area contributed by atoms with Crippen molar-refractivity contribution in [1.29, 1.82) is 0 Å². The van der Waals surface area contributed by atoms with E-state index in [9.17, 15) is 4.39 Å². The Morgan fingerprint density at radius 3 is 2.74 bits per heavy atom. The number of benzene rings is 1. The summed E-state index contributed by atoms with van der Waals surface area (Å²) >= 11 is 0. The molecule has 2 N–H and O–H groups in total. The Labute approximate surface area is 132 Å². The maximum Gasteiger partial charge on any atom is 0.245 e. The summed E-state index contributed by atoms with van der Waals surface area (Å²) in [6.07, 6.45) is 2.14. The molecule has 1 aromatic heterocycles. The van der Waals surface area contributed by atoms with Gasteiger partial charge in [0.1, 0.15) is 5.82 Å². The largest absolute Gasteiger partial charge is 0.477 e. The first kappa shape index (κ1) is 15.0. The molecule has 0 aliphatic carbocycles. The van der Waals surface area contributed by atoms with Gasteiger partial charge in [-0.15, -0.1) is 5.11 Å². The van der Waals surface area contributed by atoms with Crippen molar-refractivity contribution in [1.82, 2.24) is 9.97 Å². The van der Waals surface area contributed by atoms with Crippen LogP contribution in [0.5, 0.6) is 0 Å². The predicted octanol–water partition coefficient (Wildman–Crippen LogP) is 2.45. The lowest BCUT2D eigenvalue weighted by Crippen LogP contribution is -2.30. The second-order valence-electron chi connectivity index (χ2n) is 5.18. The van der Waals surface area contributed by atoms with Gasteiger partial charge in [-0.05, 0) is 35.9 Å². The molecule has 1 aromatic carbocycles. The van der Waals surface area contributed by atoms with E-state index in [1.165, 1.54) is 12.1 Å². The average Bonchev–Trinajstić information content (AvgIpc) is 2.90. The fourth-order valence-corrected chi connectivity index (χ4v) is 2.22. The molecule has 2 aromatic rings. The van der Waals surface area contributed by atoms with Gasteiger partial charge in [-0.25, -0.2) is 14.4 Å². The Morgan fingerprint density at radius 2 is 2.00 bits per heavy atom. The van der Waals surface area contributed by atoms with Crippen molar-refractivity contribution in [3.05, 3.63) is 53.6 Å². The van der Waals surface area contributed by atoms with Crippen molar-refractivity contribution in [3.63, 3.8) is 0 Å². The van der Waals surface area contributed by atoms with E-state index in [2.05, 4.69) is 25.4 Å². The van der Waals surface area contributed by atoms with Gasteiger partial charge in [-0.3, -0.25) is 0 Å². The second-order valence-corrected chi connectivity index (χ2v) is 5.18. The van der Waals surface area contributed by atoms with Crippen LogP contribution in [0, 0.1) is 5.82 Å². The van der Waals surface area contributed by atoms with Crippen LogP contribution in [-0.4, -0.2) is 22.5 Å². The molecule has 3 rings (SSSR count). The number of anilines is 1. The van der Waals surface area contributed by atoms with Crippen molar-refractivity contribution in [2.75, 3.05) is 12.3 Å². The minimum atomic E-state index is -0.849. The number of aromatic nitrogens is 2. The third kappa shape index (κ3) is 3.15. The zero-order valence-corrected chi connectivity index (χ0v) is 12.5. The summed E-state index contributed by atoms with van der Waals surface area (Å²) in [4.78, 5) is 7.94. The van der Waals surface area contributed by atoms with Gasteiger partial charge in [0.15, 0.2) is 5.54 Å². The lowest BCUT2D eigenvalue weighted by atomic mass is 9.93. The average molecular weight is 314 g/mol. The molecular formula is C15H15FN6O. The van der Waals surface area contributed by atoms with E-state index in [-0.39, 0.29) is 11.8 Å². The molecule has 7 nitrogen and oxygen atoms in total. The Balaban J connectivity index is 1.67. The summed E-state index contributed by atoms with van der Waals surface area (Å²) in [6.45, 7) is 2.16. The third-order valence-electron chi connectivity index (χ3n) is 3.53. The number of halogens is 1. The van der Waals surface area contributed by atoms with E-state index in [0.29, 0.717) is 18.9 Å². The van der Waals surface area contributed by atoms with Crippen LogP contribution in [-0.2, 0) is 16.7 Å². The van der Waals surface area contributed by atoms with Gasteiger partial charge in [0, 0.05) is 18.3 Å². The maximum absolute atomic E-state index is 13.1. The number of rotatable bonds is 4. The number of hydrogen-bond donors (Lipinski definition) is 1. The van der Waals surface area contributed by atoms with Crippen LogP contribution in [0.25, 0.3) is 0 Å². The first-order valence-corrected chi connectivity index (χ1v) is 7.04. The zero-order valence-electron chi connectivity index (χ0n) is 12.5. The van der Waals surface area contributed by atoms with Gasteiger partial charge < -0.3 is 10.5 Å². The molecule has 1 aliphatic heterocycles. The summed E-state index contributed by atoms with van der Waals surface area (Å²) in [6, 6.07) is 7.79. The minimum Gasteiger partial charge on any atom is -0.477 e. The Hall–Kier alpha value is -2.90. The molecule has 23 heavy (non-hydrogen) atoms. The van der Waals surface area contributed by atoms with E-state index in [4.69, 9.17) is 10.5 Å². The fraction of sp³-hybridized carbons (Fsp3) is 0.267. The molecule has 0 saturated carbocycles. The monoisotopic (exact) mass is 314 g/mol. The lowest BCUT2D eigenvalue weighted by molar-refractivity contribution is 0.281. The summed E-state index contributed by atoms with van der Waals surface area (Å²) in [5.74, 6) is 0.279. The fourth-order valence-electron chi connectivity index (χ4n) is 2.22. The second kappa shape index (κ2) is 6.07. The number of hydrogen-bond acceptors (Lipinski definition) is 7. The molecule has 1 aliphatic rings.